The summed E-state index contributed by atoms with van der Waals surface area (Å²) in [5.74, 6) is 0.228. The lowest BCUT2D eigenvalue weighted by Crippen LogP contribution is -2.02. The first-order chi connectivity index (χ1) is 9.38. The van der Waals surface area contributed by atoms with Gasteiger partial charge in [0.05, 0.1) is 4.92 Å². The molecule has 0 saturated carbocycles. The zero-order chi connectivity index (χ0) is 14.9. The van der Waals surface area contributed by atoms with Crippen LogP contribution in [0.2, 0.25) is 0 Å². The fourth-order valence-corrected chi connectivity index (χ4v) is 2.90. The molecule has 0 spiro atoms. The summed E-state index contributed by atoms with van der Waals surface area (Å²) in [5, 5.41) is 14.1. The van der Waals surface area contributed by atoms with Gasteiger partial charge in [0, 0.05) is 26.9 Å². The Balaban J connectivity index is 2.48. The number of halogens is 2. The Morgan fingerprint density at radius 1 is 1.15 bits per heavy atom. The SMILES string of the molecule is Cc1cc(Br)cc(C)c1Nc1ncc(Br)cc1[N+](=O)[O-]. The molecule has 0 atom stereocenters. The van der Waals surface area contributed by atoms with Crippen molar-refractivity contribution in [2.45, 2.75) is 13.8 Å². The number of nitro groups is 1. The summed E-state index contributed by atoms with van der Waals surface area (Å²) in [6, 6.07) is 5.32. The average molecular weight is 401 g/mol. The maximum absolute atomic E-state index is 11.1. The van der Waals surface area contributed by atoms with Crippen LogP contribution in [0.3, 0.4) is 0 Å². The number of nitrogens with zero attached hydrogens (tertiary/aromatic N) is 2. The van der Waals surface area contributed by atoms with Gasteiger partial charge in [-0.15, -0.1) is 0 Å². The van der Waals surface area contributed by atoms with Crippen molar-refractivity contribution < 1.29 is 4.92 Å². The monoisotopic (exact) mass is 399 g/mol. The summed E-state index contributed by atoms with van der Waals surface area (Å²) in [4.78, 5) is 14.7. The molecule has 1 N–H and O–H groups in total. The van der Waals surface area contributed by atoms with Gasteiger partial charge in [0.2, 0.25) is 5.82 Å². The molecule has 1 aromatic carbocycles. The molecule has 2 rings (SSSR count). The number of hydrogen-bond acceptors (Lipinski definition) is 4. The van der Waals surface area contributed by atoms with Crippen molar-refractivity contribution in [3.8, 4) is 0 Å². The molecule has 0 aliphatic rings. The van der Waals surface area contributed by atoms with E-state index in [1.165, 1.54) is 12.3 Å². The molecule has 0 amide bonds. The highest BCUT2D eigenvalue weighted by Gasteiger charge is 2.17. The number of rotatable bonds is 3. The smallest absolute Gasteiger partial charge is 0.312 e. The quantitative estimate of drug-likeness (QED) is 0.589. The highest BCUT2D eigenvalue weighted by atomic mass is 79.9. The van der Waals surface area contributed by atoms with Gasteiger partial charge >= 0.3 is 5.69 Å². The van der Waals surface area contributed by atoms with E-state index in [1.54, 1.807) is 0 Å². The summed E-state index contributed by atoms with van der Waals surface area (Å²) >= 11 is 6.61. The Hall–Kier alpha value is -1.47. The minimum absolute atomic E-state index is 0.0684. The molecular weight excluding hydrogens is 390 g/mol. The van der Waals surface area contributed by atoms with Crippen LogP contribution in [-0.4, -0.2) is 9.91 Å². The standard InChI is InChI=1S/C13H11Br2N3O2/c1-7-3-9(14)4-8(2)12(7)17-13-11(18(19)20)5-10(15)6-16-13/h3-6H,1-2H3,(H,16,17). The number of aromatic nitrogens is 1. The van der Waals surface area contributed by atoms with Crippen molar-refractivity contribution in [2.24, 2.45) is 0 Å². The van der Waals surface area contributed by atoms with E-state index in [-0.39, 0.29) is 11.5 Å². The Bertz CT molecular complexity index is 666. The van der Waals surface area contributed by atoms with Gasteiger partial charge in [-0.1, -0.05) is 15.9 Å². The first kappa shape index (κ1) is 14.9. The molecule has 0 aliphatic heterocycles. The lowest BCUT2D eigenvalue weighted by Gasteiger charge is -2.13. The van der Waals surface area contributed by atoms with Crippen LogP contribution in [0.5, 0.6) is 0 Å². The predicted molar refractivity (Wildman–Crippen MR) is 85.5 cm³/mol. The van der Waals surface area contributed by atoms with E-state index in [4.69, 9.17) is 0 Å². The fraction of sp³-hybridized carbons (Fsp3) is 0.154. The zero-order valence-corrected chi connectivity index (χ0v) is 13.9. The third-order valence-corrected chi connectivity index (χ3v) is 3.66. The zero-order valence-electron chi connectivity index (χ0n) is 10.8. The lowest BCUT2D eigenvalue weighted by atomic mass is 10.1. The third-order valence-electron chi connectivity index (χ3n) is 2.77. The summed E-state index contributed by atoms with van der Waals surface area (Å²) in [7, 11) is 0. The number of benzene rings is 1. The summed E-state index contributed by atoms with van der Waals surface area (Å²) in [6.07, 6.45) is 1.53. The van der Waals surface area contributed by atoms with Gasteiger partial charge < -0.3 is 5.32 Å². The Morgan fingerprint density at radius 3 is 2.30 bits per heavy atom. The molecule has 0 fully saturated rings. The van der Waals surface area contributed by atoms with Gasteiger partial charge in [-0.05, 0) is 53.0 Å². The summed E-state index contributed by atoms with van der Waals surface area (Å²) in [5.41, 5.74) is 2.72. The Kier molecular flexibility index (Phi) is 4.39. The minimum Gasteiger partial charge on any atom is -0.334 e. The van der Waals surface area contributed by atoms with Gasteiger partial charge in [0.1, 0.15) is 0 Å². The summed E-state index contributed by atoms with van der Waals surface area (Å²) in [6.45, 7) is 3.87. The highest BCUT2D eigenvalue weighted by molar-refractivity contribution is 9.10. The molecule has 104 valence electrons. The Labute approximate surface area is 132 Å². The van der Waals surface area contributed by atoms with Gasteiger partial charge in [0.25, 0.3) is 0 Å². The van der Waals surface area contributed by atoms with Gasteiger partial charge in [0.15, 0.2) is 0 Å². The molecule has 1 heterocycles. The van der Waals surface area contributed by atoms with Crippen LogP contribution < -0.4 is 5.32 Å². The van der Waals surface area contributed by atoms with Crippen molar-refractivity contribution in [3.63, 3.8) is 0 Å². The molecule has 0 bridgehead atoms. The van der Waals surface area contributed by atoms with E-state index in [2.05, 4.69) is 42.2 Å². The maximum Gasteiger partial charge on any atom is 0.312 e. The number of aryl methyl sites for hydroxylation is 2. The Morgan fingerprint density at radius 2 is 1.75 bits per heavy atom. The maximum atomic E-state index is 11.1. The van der Waals surface area contributed by atoms with E-state index in [0.717, 1.165) is 21.3 Å². The number of nitrogens with one attached hydrogen (secondary N) is 1. The van der Waals surface area contributed by atoms with Gasteiger partial charge in [-0.2, -0.15) is 0 Å². The minimum atomic E-state index is -0.455. The van der Waals surface area contributed by atoms with Gasteiger partial charge in [-0.3, -0.25) is 10.1 Å². The van der Waals surface area contributed by atoms with Crippen LogP contribution in [-0.2, 0) is 0 Å². The van der Waals surface area contributed by atoms with Crippen molar-refractivity contribution >= 4 is 49.1 Å². The van der Waals surface area contributed by atoms with Gasteiger partial charge in [-0.25, -0.2) is 4.98 Å². The van der Waals surface area contributed by atoms with Crippen molar-refractivity contribution in [1.82, 2.24) is 4.98 Å². The first-order valence-corrected chi connectivity index (χ1v) is 7.31. The van der Waals surface area contributed by atoms with Crippen LogP contribution in [0.15, 0.2) is 33.3 Å². The third kappa shape index (κ3) is 3.16. The molecule has 1 aromatic heterocycles. The van der Waals surface area contributed by atoms with Crippen LogP contribution in [0.4, 0.5) is 17.2 Å². The van der Waals surface area contributed by atoms with E-state index >= 15 is 0 Å². The summed E-state index contributed by atoms with van der Waals surface area (Å²) < 4.78 is 1.54. The normalized spacial score (nSPS) is 10.4. The molecule has 2 aromatic rings. The number of hydrogen-bond donors (Lipinski definition) is 1. The molecule has 20 heavy (non-hydrogen) atoms. The average Bonchev–Trinajstić information content (AvgIpc) is 2.34. The molecule has 0 saturated heterocycles. The molecule has 0 aliphatic carbocycles. The highest BCUT2D eigenvalue weighted by Crippen LogP contribution is 2.32. The fourth-order valence-electron chi connectivity index (χ4n) is 1.89. The predicted octanol–water partition coefficient (Wildman–Crippen LogP) is 4.88. The molecule has 0 radical (unpaired) electrons. The largest absolute Gasteiger partial charge is 0.334 e. The van der Waals surface area contributed by atoms with Crippen LogP contribution in [0.25, 0.3) is 0 Å². The van der Waals surface area contributed by atoms with Crippen LogP contribution in [0, 0.1) is 24.0 Å². The van der Waals surface area contributed by atoms with Crippen molar-refractivity contribution in [3.05, 3.63) is 54.6 Å². The number of anilines is 2. The van der Waals surface area contributed by atoms with Crippen LogP contribution >= 0.6 is 31.9 Å². The van der Waals surface area contributed by atoms with Crippen LogP contribution in [0.1, 0.15) is 11.1 Å². The molecule has 7 heteroatoms. The molecule has 0 unspecified atom stereocenters. The van der Waals surface area contributed by atoms with Crippen molar-refractivity contribution in [2.75, 3.05) is 5.32 Å². The number of pyridine rings is 1. The van der Waals surface area contributed by atoms with Crippen molar-refractivity contribution in [1.29, 1.82) is 0 Å². The first-order valence-electron chi connectivity index (χ1n) is 5.72. The second kappa shape index (κ2) is 5.88. The molecule has 5 nitrogen and oxygen atoms in total. The second-order valence-electron chi connectivity index (χ2n) is 4.32. The van der Waals surface area contributed by atoms with E-state index in [9.17, 15) is 10.1 Å². The van der Waals surface area contributed by atoms with E-state index in [0.29, 0.717) is 4.47 Å². The topological polar surface area (TPSA) is 68.1 Å². The van der Waals surface area contributed by atoms with E-state index < -0.39 is 4.92 Å². The molecular formula is C13H11Br2N3O2. The lowest BCUT2D eigenvalue weighted by molar-refractivity contribution is -0.384. The van der Waals surface area contributed by atoms with E-state index in [1.807, 2.05) is 26.0 Å². The second-order valence-corrected chi connectivity index (χ2v) is 6.15.